The lowest BCUT2D eigenvalue weighted by molar-refractivity contribution is 0.601. The van der Waals surface area contributed by atoms with Crippen molar-refractivity contribution in [1.82, 2.24) is 10.2 Å². The molecule has 124 valence electrons. The number of nitriles is 1. The largest absolute Gasteiger partial charge is 0.339 e. The maximum absolute atomic E-state index is 12.2. The Morgan fingerprint density at radius 2 is 1.48 bits per heavy atom. The summed E-state index contributed by atoms with van der Waals surface area (Å²) in [6, 6.07) is 20.0. The minimum Gasteiger partial charge on any atom is -0.339 e. The first-order valence-corrected chi connectivity index (χ1v) is 8.74. The van der Waals surface area contributed by atoms with Crippen molar-refractivity contribution in [2.24, 2.45) is 0 Å². The van der Waals surface area contributed by atoms with Gasteiger partial charge < -0.3 is 5.32 Å². The number of nitrogens with zero attached hydrogens (tertiary/aromatic N) is 3. The number of anilines is 3. The number of sulfonamides is 1. The van der Waals surface area contributed by atoms with Crippen LogP contribution in [0.4, 0.5) is 17.3 Å². The fraction of sp³-hybridized carbons (Fsp3) is 0. The van der Waals surface area contributed by atoms with E-state index in [-0.39, 0.29) is 10.7 Å². The molecule has 2 N–H and O–H groups in total. The fourth-order valence-electron chi connectivity index (χ4n) is 2.03. The first-order chi connectivity index (χ1) is 12.1. The Balaban J connectivity index is 1.71. The molecule has 3 aromatic rings. The summed E-state index contributed by atoms with van der Waals surface area (Å²) in [4.78, 5) is 0.150. The highest BCUT2D eigenvalue weighted by atomic mass is 32.2. The maximum atomic E-state index is 12.2. The van der Waals surface area contributed by atoms with Gasteiger partial charge in [-0.1, -0.05) is 18.2 Å². The molecule has 2 aromatic carbocycles. The van der Waals surface area contributed by atoms with Gasteiger partial charge in [0.05, 0.1) is 16.5 Å². The zero-order valence-electron chi connectivity index (χ0n) is 12.9. The molecule has 7 nitrogen and oxygen atoms in total. The van der Waals surface area contributed by atoms with Crippen molar-refractivity contribution in [3.63, 3.8) is 0 Å². The molecule has 0 bridgehead atoms. The molecule has 0 atom stereocenters. The SMILES string of the molecule is N#Cc1ccc(Nc2ccc(NS(=O)(=O)c3ccccc3)nn2)cc1. The normalized spacial score (nSPS) is 10.7. The highest BCUT2D eigenvalue weighted by Crippen LogP contribution is 2.17. The molecule has 0 unspecified atom stereocenters. The van der Waals surface area contributed by atoms with E-state index in [1.54, 1.807) is 48.5 Å². The van der Waals surface area contributed by atoms with Gasteiger partial charge in [0.15, 0.2) is 11.6 Å². The van der Waals surface area contributed by atoms with Crippen LogP contribution in [0.2, 0.25) is 0 Å². The van der Waals surface area contributed by atoms with Gasteiger partial charge in [-0.3, -0.25) is 4.72 Å². The summed E-state index contributed by atoms with van der Waals surface area (Å²) in [5.74, 6) is 0.571. The summed E-state index contributed by atoms with van der Waals surface area (Å²) in [7, 11) is -3.70. The van der Waals surface area contributed by atoms with Crippen molar-refractivity contribution in [3.8, 4) is 6.07 Å². The topological polar surface area (TPSA) is 108 Å². The van der Waals surface area contributed by atoms with Gasteiger partial charge in [-0.05, 0) is 48.5 Å². The van der Waals surface area contributed by atoms with Gasteiger partial charge in [0.25, 0.3) is 10.0 Å². The van der Waals surface area contributed by atoms with E-state index in [0.29, 0.717) is 11.4 Å². The van der Waals surface area contributed by atoms with Crippen LogP contribution in [0.3, 0.4) is 0 Å². The Labute approximate surface area is 145 Å². The van der Waals surface area contributed by atoms with Gasteiger partial charge in [-0.25, -0.2) is 8.42 Å². The second-order valence-electron chi connectivity index (χ2n) is 5.04. The average Bonchev–Trinajstić information content (AvgIpc) is 2.64. The standard InChI is InChI=1S/C17H13N5O2S/c18-12-13-6-8-14(9-7-13)19-16-10-11-17(21-20-16)22-25(23,24)15-4-2-1-3-5-15/h1-11H,(H,19,20)(H,21,22). The van der Waals surface area contributed by atoms with E-state index in [1.807, 2.05) is 6.07 Å². The minimum absolute atomic E-state index is 0.120. The van der Waals surface area contributed by atoms with Crippen molar-refractivity contribution < 1.29 is 8.42 Å². The molecule has 1 aromatic heterocycles. The Bertz CT molecular complexity index is 996. The molecule has 0 spiro atoms. The lowest BCUT2D eigenvalue weighted by Crippen LogP contribution is -2.14. The zero-order chi connectivity index (χ0) is 17.7. The predicted molar refractivity (Wildman–Crippen MR) is 93.7 cm³/mol. The number of hydrogen-bond acceptors (Lipinski definition) is 6. The third-order valence-corrected chi connectivity index (χ3v) is 4.61. The number of benzene rings is 2. The van der Waals surface area contributed by atoms with Crippen LogP contribution in [-0.2, 0) is 10.0 Å². The van der Waals surface area contributed by atoms with Gasteiger partial charge >= 0.3 is 0 Å². The van der Waals surface area contributed by atoms with Gasteiger partial charge in [-0.2, -0.15) is 5.26 Å². The molecule has 3 rings (SSSR count). The van der Waals surface area contributed by atoms with E-state index < -0.39 is 10.0 Å². The Kier molecular flexibility index (Phi) is 4.59. The lowest BCUT2D eigenvalue weighted by atomic mass is 10.2. The van der Waals surface area contributed by atoms with Crippen LogP contribution < -0.4 is 10.0 Å². The smallest absolute Gasteiger partial charge is 0.263 e. The summed E-state index contributed by atoms with van der Waals surface area (Å²) in [6.07, 6.45) is 0. The lowest BCUT2D eigenvalue weighted by Gasteiger charge is -2.08. The Morgan fingerprint density at radius 3 is 2.08 bits per heavy atom. The first-order valence-electron chi connectivity index (χ1n) is 7.26. The first kappa shape index (κ1) is 16.4. The molecule has 1 heterocycles. The summed E-state index contributed by atoms with van der Waals surface area (Å²) in [6.45, 7) is 0. The van der Waals surface area contributed by atoms with Gasteiger partial charge in [0.2, 0.25) is 0 Å². The Hall–Kier alpha value is -3.44. The molecule has 25 heavy (non-hydrogen) atoms. The van der Waals surface area contributed by atoms with Crippen molar-refractivity contribution in [1.29, 1.82) is 5.26 Å². The molecule has 8 heteroatoms. The van der Waals surface area contributed by atoms with Crippen molar-refractivity contribution in [3.05, 3.63) is 72.3 Å². The maximum Gasteiger partial charge on any atom is 0.263 e. The van der Waals surface area contributed by atoms with E-state index in [1.165, 1.54) is 18.2 Å². The average molecular weight is 351 g/mol. The van der Waals surface area contributed by atoms with E-state index in [9.17, 15) is 8.42 Å². The molecular formula is C17H13N5O2S. The molecule has 0 radical (unpaired) electrons. The van der Waals surface area contributed by atoms with Gasteiger partial charge in [0.1, 0.15) is 0 Å². The fourth-order valence-corrected chi connectivity index (χ4v) is 3.04. The minimum atomic E-state index is -3.70. The van der Waals surface area contributed by atoms with Gasteiger partial charge in [0, 0.05) is 5.69 Å². The highest BCUT2D eigenvalue weighted by molar-refractivity contribution is 7.92. The van der Waals surface area contributed by atoms with E-state index in [0.717, 1.165) is 5.69 Å². The molecule has 0 saturated heterocycles. The van der Waals surface area contributed by atoms with E-state index in [2.05, 4.69) is 20.2 Å². The highest BCUT2D eigenvalue weighted by Gasteiger charge is 2.14. The van der Waals surface area contributed by atoms with Crippen LogP contribution in [0.15, 0.2) is 71.6 Å². The quantitative estimate of drug-likeness (QED) is 0.732. The summed E-state index contributed by atoms with van der Waals surface area (Å²) >= 11 is 0. The Morgan fingerprint density at radius 1 is 0.840 bits per heavy atom. The van der Waals surface area contributed by atoms with Crippen LogP contribution in [0.25, 0.3) is 0 Å². The van der Waals surface area contributed by atoms with E-state index in [4.69, 9.17) is 5.26 Å². The third-order valence-electron chi connectivity index (χ3n) is 3.24. The molecular weight excluding hydrogens is 338 g/mol. The third kappa shape index (κ3) is 4.10. The second-order valence-corrected chi connectivity index (χ2v) is 6.72. The number of nitrogens with one attached hydrogen (secondary N) is 2. The van der Waals surface area contributed by atoms with Crippen molar-refractivity contribution >= 4 is 27.3 Å². The van der Waals surface area contributed by atoms with Crippen LogP contribution >= 0.6 is 0 Å². The van der Waals surface area contributed by atoms with Crippen molar-refractivity contribution in [2.75, 3.05) is 10.0 Å². The van der Waals surface area contributed by atoms with Crippen LogP contribution in [-0.4, -0.2) is 18.6 Å². The van der Waals surface area contributed by atoms with Crippen LogP contribution in [0.1, 0.15) is 5.56 Å². The van der Waals surface area contributed by atoms with Crippen LogP contribution in [0, 0.1) is 11.3 Å². The number of rotatable bonds is 5. The van der Waals surface area contributed by atoms with Crippen molar-refractivity contribution in [2.45, 2.75) is 4.90 Å². The molecule has 0 amide bonds. The predicted octanol–water partition coefficient (Wildman–Crippen LogP) is 2.89. The molecule has 0 fully saturated rings. The molecule has 0 aliphatic heterocycles. The zero-order valence-corrected chi connectivity index (χ0v) is 13.7. The summed E-state index contributed by atoms with van der Waals surface area (Å²) in [5, 5.41) is 19.6. The molecule has 0 saturated carbocycles. The number of aromatic nitrogens is 2. The molecule has 0 aliphatic rings. The monoisotopic (exact) mass is 351 g/mol. The van der Waals surface area contributed by atoms with Gasteiger partial charge in [-0.15, -0.1) is 10.2 Å². The van der Waals surface area contributed by atoms with E-state index >= 15 is 0 Å². The summed E-state index contributed by atoms with van der Waals surface area (Å²) in [5.41, 5.74) is 1.30. The van der Waals surface area contributed by atoms with Crippen LogP contribution in [0.5, 0.6) is 0 Å². The number of hydrogen-bond donors (Lipinski definition) is 2. The molecule has 0 aliphatic carbocycles. The summed E-state index contributed by atoms with van der Waals surface area (Å²) < 4.78 is 26.8. The second kappa shape index (κ2) is 6.98.